The fourth-order valence-electron chi connectivity index (χ4n) is 3.47. The highest BCUT2D eigenvalue weighted by Crippen LogP contribution is 2.21. The predicted molar refractivity (Wildman–Crippen MR) is 111 cm³/mol. The maximum absolute atomic E-state index is 12.0. The molecule has 2 aromatic heterocycles. The van der Waals surface area contributed by atoms with Crippen LogP contribution in [0.15, 0.2) is 65.3 Å². The van der Waals surface area contributed by atoms with Crippen molar-refractivity contribution in [2.75, 3.05) is 13.1 Å². The normalized spacial score (nSPS) is 13.5. The van der Waals surface area contributed by atoms with Gasteiger partial charge in [0.05, 0.1) is 12.7 Å². The van der Waals surface area contributed by atoms with Crippen LogP contribution in [0.5, 0.6) is 6.08 Å². The molecular formula is C22H20N6O3. The highest BCUT2D eigenvalue weighted by molar-refractivity contribution is 5.70. The van der Waals surface area contributed by atoms with Crippen LogP contribution in [0.2, 0.25) is 0 Å². The van der Waals surface area contributed by atoms with E-state index >= 15 is 0 Å². The van der Waals surface area contributed by atoms with Crippen molar-refractivity contribution in [2.45, 2.75) is 19.4 Å². The van der Waals surface area contributed by atoms with Crippen LogP contribution in [-0.4, -0.2) is 49.2 Å². The number of aromatic nitrogens is 5. The van der Waals surface area contributed by atoms with Crippen LogP contribution in [-0.2, 0) is 6.54 Å². The van der Waals surface area contributed by atoms with E-state index in [2.05, 4.69) is 20.5 Å². The van der Waals surface area contributed by atoms with Gasteiger partial charge in [0, 0.05) is 24.2 Å². The fraction of sp³-hybridized carbons (Fsp3) is 0.227. The number of likely N-dealkylation sites (tertiary alicyclic amines) is 1. The first-order valence-electron chi connectivity index (χ1n) is 10.1. The molecule has 0 atom stereocenters. The molecule has 0 bridgehead atoms. The lowest BCUT2D eigenvalue weighted by atomic mass is 10.1. The van der Waals surface area contributed by atoms with Gasteiger partial charge in [-0.05, 0) is 18.4 Å². The van der Waals surface area contributed by atoms with Gasteiger partial charge in [0.15, 0.2) is 0 Å². The van der Waals surface area contributed by atoms with Crippen molar-refractivity contribution in [1.29, 1.82) is 0 Å². The largest absolute Gasteiger partial charge is 0.426 e. The number of rotatable bonds is 5. The molecule has 9 heteroatoms. The predicted octanol–water partition coefficient (Wildman–Crippen LogP) is 3.64. The molecule has 5 rings (SSSR count). The molecule has 0 saturated carbocycles. The van der Waals surface area contributed by atoms with Gasteiger partial charge in [-0.3, -0.25) is 4.52 Å². The lowest BCUT2D eigenvalue weighted by Crippen LogP contribution is -2.30. The van der Waals surface area contributed by atoms with Crippen molar-refractivity contribution in [3.8, 4) is 28.7 Å². The van der Waals surface area contributed by atoms with Crippen LogP contribution in [0.3, 0.4) is 0 Å². The Labute approximate surface area is 178 Å². The van der Waals surface area contributed by atoms with Gasteiger partial charge in [-0.2, -0.15) is 4.98 Å². The molecule has 3 heterocycles. The third-order valence-electron chi connectivity index (χ3n) is 5.11. The minimum Gasteiger partial charge on any atom is -0.359 e. The van der Waals surface area contributed by atoms with E-state index in [0.717, 1.165) is 35.2 Å². The highest BCUT2D eigenvalue weighted by Gasteiger charge is 2.22. The van der Waals surface area contributed by atoms with E-state index in [1.54, 1.807) is 9.58 Å². The maximum Gasteiger partial charge on any atom is 0.426 e. The minimum atomic E-state index is -0.453. The summed E-state index contributed by atoms with van der Waals surface area (Å²) in [4.78, 5) is 17.8. The first-order chi connectivity index (χ1) is 15.2. The van der Waals surface area contributed by atoms with Gasteiger partial charge in [-0.15, -0.1) is 5.10 Å². The van der Waals surface area contributed by atoms with E-state index in [1.807, 2.05) is 60.8 Å². The summed E-state index contributed by atoms with van der Waals surface area (Å²) in [7, 11) is 0. The summed E-state index contributed by atoms with van der Waals surface area (Å²) in [5.74, 6) is 0.364. The van der Waals surface area contributed by atoms with Gasteiger partial charge in [-0.1, -0.05) is 65.0 Å². The Hall–Kier alpha value is -4.01. The average Bonchev–Trinajstić information content (AvgIpc) is 3.57. The molecule has 1 aliphatic rings. The van der Waals surface area contributed by atoms with Crippen molar-refractivity contribution in [3.05, 3.63) is 66.4 Å². The second-order valence-electron chi connectivity index (χ2n) is 7.31. The maximum atomic E-state index is 12.0. The lowest BCUT2D eigenvalue weighted by molar-refractivity contribution is 0.142. The monoisotopic (exact) mass is 416 g/mol. The van der Waals surface area contributed by atoms with Crippen molar-refractivity contribution >= 4 is 6.09 Å². The zero-order valence-electron chi connectivity index (χ0n) is 16.7. The summed E-state index contributed by atoms with van der Waals surface area (Å²) >= 11 is 0. The zero-order chi connectivity index (χ0) is 21.0. The SMILES string of the molecule is O=C(Oc1nc(-c2ccc(Cn3cc(-c4ccccc4)nn3)cc2)no1)N1CCCC1. The van der Waals surface area contributed by atoms with Gasteiger partial charge in [0.2, 0.25) is 5.82 Å². The number of hydrogen-bond donors (Lipinski definition) is 0. The van der Waals surface area contributed by atoms with E-state index in [1.165, 1.54) is 0 Å². The summed E-state index contributed by atoms with van der Waals surface area (Å²) < 4.78 is 12.0. The third-order valence-corrected chi connectivity index (χ3v) is 5.11. The van der Waals surface area contributed by atoms with Crippen LogP contribution < -0.4 is 4.74 Å². The molecule has 4 aromatic rings. The van der Waals surface area contributed by atoms with Gasteiger partial charge in [0.25, 0.3) is 0 Å². The fourth-order valence-corrected chi connectivity index (χ4v) is 3.47. The average molecular weight is 416 g/mol. The second kappa shape index (κ2) is 8.39. The number of benzene rings is 2. The van der Waals surface area contributed by atoms with Gasteiger partial charge < -0.3 is 9.64 Å². The van der Waals surface area contributed by atoms with Crippen molar-refractivity contribution in [1.82, 2.24) is 30.0 Å². The molecule has 1 fully saturated rings. The molecule has 31 heavy (non-hydrogen) atoms. The van der Waals surface area contributed by atoms with Crippen molar-refractivity contribution in [3.63, 3.8) is 0 Å². The Balaban J connectivity index is 1.23. The van der Waals surface area contributed by atoms with Crippen LogP contribution in [0.25, 0.3) is 22.6 Å². The molecule has 0 radical (unpaired) electrons. The molecule has 156 valence electrons. The molecule has 1 amide bonds. The number of nitrogens with zero attached hydrogens (tertiary/aromatic N) is 6. The smallest absolute Gasteiger partial charge is 0.359 e. The number of carbonyl (C=O) groups excluding carboxylic acids is 1. The molecule has 0 spiro atoms. The summed E-state index contributed by atoms with van der Waals surface area (Å²) in [6.07, 6.45) is 3.29. The van der Waals surface area contributed by atoms with Crippen LogP contribution in [0.1, 0.15) is 18.4 Å². The third kappa shape index (κ3) is 4.30. The minimum absolute atomic E-state index is 0.146. The highest BCUT2D eigenvalue weighted by atomic mass is 16.7. The number of ether oxygens (including phenoxy) is 1. The van der Waals surface area contributed by atoms with Crippen molar-refractivity contribution < 1.29 is 14.1 Å². The number of amides is 1. The van der Waals surface area contributed by atoms with E-state index < -0.39 is 6.09 Å². The van der Waals surface area contributed by atoms with Crippen LogP contribution in [0.4, 0.5) is 4.79 Å². The summed E-state index contributed by atoms with van der Waals surface area (Å²) in [5.41, 5.74) is 3.68. The Kier molecular flexibility index (Phi) is 5.14. The lowest BCUT2D eigenvalue weighted by Gasteiger charge is -2.11. The van der Waals surface area contributed by atoms with Crippen LogP contribution >= 0.6 is 0 Å². The molecule has 1 aliphatic heterocycles. The molecule has 2 aromatic carbocycles. The second-order valence-corrected chi connectivity index (χ2v) is 7.31. The Bertz CT molecular complexity index is 1160. The topological polar surface area (TPSA) is 99.2 Å². The zero-order valence-corrected chi connectivity index (χ0v) is 16.7. The molecule has 9 nitrogen and oxygen atoms in total. The number of hydrogen-bond acceptors (Lipinski definition) is 7. The molecule has 0 N–H and O–H groups in total. The molecule has 1 saturated heterocycles. The van der Waals surface area contributed by atoms with Gasteiger partial charge >= 0.3 is 12.2 Å². The molecule has 0 unspecified atom stereocenters. The van der Waals surface area contributed by atoms with Gasteiger partial charge in [0.1, 0.15) is 5.69 Å². The Morgan fingerprint density at radius 3 is 2.55 bits per heavy atom. The summed E-state index contributed by atoms with van der Waals surface area (Å²) in [5, 5.41) is 12.4. The quantitative estimate of drug-likeness (QED) is 0.490. The Morgan fingerprint density at radius 1 is 1.00 bits per heavy atom. The summed E-state index contributed by atoms with van der Waals surface area (Å²) in [6, 6.07) is 17.6. The van der Waals surface area contributed by atoms with E-state index in [-0.39, 0.29) is 6.08 Å². The molecular weight excluding hydrogens is 396 g/mol. The number of carbonyl (C=O) groups is 1. The first-order valence-corrected chi connectivity index (χ1v) is 10.1. The van der Waals surface area contributed by atoms with Crippen LogP contribution in [0, 0.1) is 0 Å². The van der Waals surface area contributed by atoms with Gasteiger partial charge in [-0.25, -0.2) is 9.48 Å². The van der Waals surface area contributed by atoms with E-state index in [0.29, 0.717) is 25.5 Å². The van der Waals surface area contributed by atoms with Crippen molar-refractivity contribution in [2.24, 2.45) is 0 Å². The van der Waals surface area contributed by atoms with E-state index in [4.69, 9.17) is 9.26 Å². The summed E-state index contributed by atoms with van der Waals surface area (Å²) in [6.45, 7) is 1.98. The van der Waals surface area contributed by atoms with E-state index in [9.17, 15) is 4.79 Å². The standard InChI is InChI=1S/C22H20N6O3/c29-22(27-12-4-5-13-27)30-21-23-20(25-31-21)18-10-8-16(9-11-18)14-28-15-19(24-26-28)17-6-2-1-3-7-17/h1-3,6-11,15H,4-5,12-14H2. The first kappa shape index (κ1) is 19.0. The Morgan fingerprint density at radius 2 is 1.77 bits per heavy atom. The molecule has 0 aliphatic carbocycles.